The summed E-state index contributed by atoms with van der Waals surface area (Å²) in [7, 11) is 0. The molecule has 2 fully saturated rings. The van der Waals surface area contributed by atoms with Gasteiger partial charge >= 0.3 is 0 Å². The maximum Gasteiger partial charge on any atom is 0.255 e. The third-order valence-corrected chi connectivity index (χ3v) is 6.93. The molecule has 5 rings (SSSR count). The van der Waals surface area contributed by atoms with E-state index < -0.39 is 17.8 Å². The van der Waals surface area contributed by atoms with E-state index in [2.05, 4.69) is 15.2 Å². The molecule has 1 atom stereocenters. The molecule has 2 saturated heterocycles. The Kier molecular flexibility index (Phi) is 5.65. The van der Waals surface area contributed by atoms with Crippen LogP contribution in [0.1, 0.15) is 58.6 Å². The molecule has 1 aromatic heterocycles. The number of nitrogens with zero attached hydrogens (tertiary/aromatic N) is 3. The van der Waals surface area contributed by atoms with Crippen molar-refractivity contribution in [3.63, 3.8) is 0 Å². The van der Waals surface area contributed by atoms with Gasteiger partial charge in [0.25, 0.3) is 5.91 Å². The van der Waals surface area contributed by atoms with Crippen LogP contribution in [0.4, 0.5) is 8.78 Å². The van der Waals surface area contributed by atoms with Crippen molar-refractivity contribution in [2.75, 3.05) is 13.1 Å². The number of nitrogens with one attached hydrogen (secondary N) is 1. The minimum absolute atomic E-state index is 0.0718. The SMILES string of the molecule is O=C1CCC(N2Cc3c(cc(F)cc3C3CCN(Cc4ccncc4F)CC3)C2=O)C(=O)N1. The van der Waals surface area contributed by atoms with Gasteiger partial charge in [-0.05, 0) is 67.6 Å². The van der Waals surface area contributed by atoms with E-state index in [4.69, 9.17) is 0 Å². The van der Waals surface area contributed by atoms with Gasteiger partial charge in [0.1, 0.15) is 17.7 Å². The number of imide groups is 1. The van der Waals surface area contributed by atoms with Crippen LogP contribution in [0, 0.1) is 11.6 Å². The summed E-state index contributed by atoms with van der Waals surface area (Å²) in [6.07, 6.45) is 4.75. The lowest BCUT2D eigenvalue weighted by Crippen LogP contribution is -2.52. The predicted octanol–water partition coefficient (Wildman–Crippen LogP) is 2.50. The van der Waals surface area contributed by atoms with Crippen LogP contribution >= 0.6 is 0 Å². The first-order valence-corrected chi connectivity index (χ1v) is 11.2. The average Bonchev–Trinajstić information content (AvgIpc) is 3.11. The van der Waals surface area contributed by atoms with E-state index >= 15 is 0 Å². The first-order chi connectivity index (χ1) is 15.9. The van der Waals surface area contributed by atoms with Crippen molar-refractivity contribution < 1.29 is 23.2 Å². The molecule has 3 amide bonds. The Morgan fingerprint density at radius 2 is 1.88 bits per heavy atom. The Morgan fingerprint density at radius 1 is 1.09 bits per heavy atom. The number of piperidine rings is 2. The van der Waals surface area contributed by atoms with Crippen molar-refractivity contribution in [3.8, 4) is 0 Å². The van der Waals surface area contributed by atoms with Crippen molar-refractivity contribution in [1.82, 2.24) is 20.1 Å². The predicted molar refractivity (Wildman–Crippen MR) is 114 cm³/mol. The highest BCUT2D eigenvalue weighted by molar-refractivity contribution is 6.05. The number of carbonyl (C=O) groups excluding carboxylic acids is 3. The Morgan fingerprint density at radius 3 is 2.61 bits per heavy atom. The summed E-state index contributed by atoms with van der Waals surface area (Å²) in [6.45, 7) is 2.17. The summed E-state index contributed by atoms with van der Waals surface area (Å²) in [4.78, 5) is 44.2. The number of halogens is 2. The molecule has 0 bridgehead atoms. The van der Waals surface area contributed by atoms with Crippen LogP contribution < -0.4 is 5.32 Å². The highest BCUT2D eigenvalue weighted by Crippen LogP contribution is 2.38. The molecule has 0 radical (unpaired) electrons. The molecule has 7 nitrogen and oxygen atoms in total. The van der Waals surface area contributed by atoms with Crippen molar-refractivity contribution in [2.24, 2.45) is 0 Å². The van der Waals surface area contributed by atoms with Crippen molar-refractivity contribution in [1.29, 1.82) is 0 Å². The van der Waals surface area contributed by atoms with Crippen molar-refractivity contribution in [2.45, 2.75) is 50.7 Å². The number of likely N-dealkylation sites (tertiary alicyclic amines) is 1. The average molecular weight is 454 g/mol. The second kappa shape index (κ2) is 8.62. The molecular weight excluding hydrogens is 430 g/mol. The fourth-order valence-electron chi connectivity index (χ4n) is 5.19. The van der Waals surface area contributed by atoms with E-state index in [1.54, 1.807) is 12.3 Å². The fraction of sp³-hybridized carbons (Fsp3) is 0.417. The molecule has 3 aliphatic rings. The van der Waals surface area contributed by atoms with Crippen LogP contribution in [0.3, 0.4) is 0 Å². The summed E-state index contributed by atoms with van der Waals surface area (Å²) in [5.41, 5.74) is 2.48. The second-order valence-corrected chi connectivity index (χ2v) is 8.94. The van der Waals surface area contributed by atoms with Gasteiger partial charge in [0, 0.05) is 36.8 Å². The summed E-state index contributed by atoms with van der Waals surface area (Å²) in [5.74, 6) is -1.91. The molecule has 9 heteroatoms. The quantitative estimate of drug-likeness (QED) is 0.718. The number of aromatic nitrogens is 1. The van der Waals surface area contributed by atoms with Gasteiger partial charge in [-0.2, -0.15) is 0 Å². The third-order valence-electron chi connectivity index (χ3n) is 6.93. The van der Waals surface area contributed by atoms with Crippen LogP contribution in [0.2, 0.25) is 0 Å². The minimum atomic E-state index is -0.726. The molecule has 4 heterocycles. The topological polar surface area (TPSA) is 82.6 Å². The number of fused-ring (bicyclic) bond motifs is 1. The van der Waals surface area contributed by atoms with Gasteiger partial charge in [0.2, 0.25) is 11.8 Å². The zero-order valence-corrected chi connectivity index (χ0v) is 18.0. The van der Waals surface area contributed by atoms with E-state index in [1.165, 1.54) is 23.2 Å². The number of rotatable bonds is 4. The summed E-state index contributed by atoms with van der Waals surface area (Å²) in [5, 5.41) is 2.29. The van der Waals surface area contributed by atoms with Crippen LogP contribution in [0.25, 0.3) is 0 Å². The molecule has 172 valence electrons. The molecule has 0 spiro atoms. The second-order valence-electron chi connectivity index (χ2n) is 8.94. The molecule has 33 heavy (non-hydrogen) atoms. The number of pyridine rings is 1. The van der Waals surface area contributed by atoms with Crippen LogP contribution in [-0.2, 0) is 22.7 Å². The van der Waals surface area contributed by atoms with Gasteiger partial charge in [0.05, 0.1) is 6.20 Å². The van der Waals surface area contributed by atoms with Crippen LogP contribution in [0.5, 0.6) is 0 Å². The Labute approximate surface area is 189 Å². The number of hydrogen-bond donors (Lipinski definition) is 1. The van der Waals surface area contributed by atoms with Crippen molar-refractivity contribution >= 4 is 17.7 Å². The number of benzene rings is 1. The molecule has 1 aromatic carbocycles. The molecule has 1 N–H and O–H groups in total. The minimum Gasteiger partial charge on any atom is -0.322 e. The number of carbonyl (C=O) groups is 3. The standard InChI is InChI=1S/C24H24F2N4O3/c25-16-9-17(14-4-7-29(8-5-14)12-15-3-6-27-11-20(15)26)19-13-30(24(33)18(19)10-16)21-1-2-22(31)28-23(21)32/h3,6,9-11,14,21H,1-2,4-5,7-8,12-13H2,(H,28,31,32). The Bertz CT molecular complexity index is 1130. The monoisotopic (exact) mass is 454 g/mol. The highest BCUT2D eigenvalue weighted by Gasteiger charge is 2.41. The van der Waals surface area contributed by atoms with Gasteiger partial charge in [-0.1, -0.05) is 0 Å². The van der Waals surface area contributed by atoms with E-state index in [-0.39, 0.29) is 42.9 Å². The molecule has 0 aliphatic carbocycles. The lowest BCUT2D eigenvalue weighted by molar-refractivity contribution is -0.136. The molecule has 3 aliphatic heterocycles. The first-order valence-electron chi connectivity index (χ1n) is 11.2. The Hall–Kier alpha value is -3.20. The molecule has 2 aromatic rings. The van der Waals surface area contributed by atoms with Gasteiger partial charge in [0.15, 0.2) is 0 Å². The van der Waals surface area contributed by atoms with Crippen LogP contribution in [-0.4, -0.2) is 51.6 Å². The maximum atomic E-state index is 14.5. The fourth-order valence-corrected chi connectivity index (χ4v) is 5.19. The normalized spacial score (nSPS) is 21.9. The molecule has 0 saturated carbocycles. The summed E-state index contributed by atoms with van der Waals surface area (Å²) < 4.78 is 28.4. The highest BCUT2D eigenvalue weighted by atomic mass is 19.1. The zero-order chi connectivity index (χ0) is 23.1. The maximum absolute atomic E-state index is 14.5. The third kappa shape index (κ3) is 4.13. The smallest absolute Gasteiger partial charge is 0.255 e. The van der Waals surface area contributed by atoms with E-state index in [1.807, 2.05) is 0 Å². The van der Waals surface area contributed by atoms with Gasteiger partial charge in [-0.3, -0.25) is 29.6 Å². The molecular formula is C24H24F2N4O3. The number of hydrogen-bond acceptors (Lipinski definition) is 5. The number of amides is 3. The zero-order valence-electron chi connectivity index (χ0n) is 18.0. The molecule has 1 unspecified atom stereocenters. The van der Waals surface area contributed by atoms with E-state index in [0.29, 0.717) is 17.7 Å². The van der Waals surface area contributed by atoms with Gasteiger partial charge < -0.3 is 4.90 Å². The Balaban J connectivity index is 1.32. The van der Waals surface area contributed by atoms with Gasteiger partial charge in [-0.25, -0.2) is 8.78 Å². The van der Waals surface area contributed by atoms with Crippen molar-refractivity contribution in [3.05, 3.63) is 64.5 Å². The summed E-state index contributed by atoms with van der Waals surface area (Å²) >= 11 is 0. The summed E-state index contributed by atoms with van der Waals surface area (Å²) in [6, 6.07) is 3.70. The first kappa shape index (κ1) is 21.6. The lowest BCUT2D eigenvalue weighted by atomic mass is 9.85. The van der Waals surface area contributed by atoms with E-state index in [0.717, 1.165) is 37.1 Å². The lowest BCUT2D eigenvalue weighted by Gasteiger charge is -2.33. The van der Waals surface area contributed by atoms with Crippen LogP contribution in [0.15, 0.2) is 30.6 Å². The van der Waals surface area contributed by atoms with E-state index in [9.17, 15) is 23.2 Å². The largest absolute Gasteiger partial charge is 0.322 e. The van der Waals surface area contributed by atoms with Gasteiger partial charge in [-0.15, -0.1) is 0 Å².